The molecule has 2 aromatic heterocycles. The van der Waals surface area contributed by atoms with Gasteiger partial charge < -0.3 is 19.3 Å². The molecule has 160 valence electrons. The number of hydrogen-bond donors (Lipinski definition) is 0. The van der Waals surface area contributed by atoms with Crippen molar-refractivity contribution >= 4 is 33.3 Å². The zero-order valence-electron chi connectivity index (χ0n) is 17.3. The van der Waals surface area contributed by atoms with Crippen molar-refractivity contribution in [3.63, 3.8) is 0 Å². The molecule has 1 saturated heterocycles. The highest BCUT2D eigenvalue weighted by molar-refractivity contribution is 7.19. The number of ether oxygens (including phenoxy) is 2. The second kappa shape index (κ2) is 7.67. The number of aromatic nitrogens is 2. The van der Waals surface area contributed by atoms with Crippen LogP contribution in [0.1, 0.15) is 33.6 Å². The van der Waals surface area contributed by atoms with Crippen molar-refractivity contribution in [1.82, 2.24) is 14.9 Å². The Morgan fingerprint density at radius 3 is 2.65 bits per heavy atom. The lowest BCUT2D eigenvalue weighted by atomic mass is 9.97. The van der Waals surface area contributed by atoms with Crippen LogP contribution in [0.3, 0.4) is 0 Å². The largest absolute Gasteiger partial charge is 0.486 e. The normalized spacial score (nSPS) is 18.2. The Morgan fingerprint density at radius 1 is 0.968 bits per heavy atom. The molecular formula is C23H24N4O3S. The highest BCUT2D eigenvalue weighted by atomic mass is 32.1. The second-order valence-electron chi connectivity index (χ2n) is 8.23. The van der Waals surface area contributed by atoms with E-state index in [4.69, 9.17) is 9.47 Å². The van der Waals surface area contributed by atoms with Crippen molar-refractivity contribution in [3.05, 3.63) is 40.5 Å². The number of nitrogens with zero attached hydrogens (tertiary/aromatic N) is 4. The van der Waals surface area contributed by atoms with Crippen molar-refractivity contribution in [2.75, 3.05) is 44.3 Å². The van der Waals surface area contributed by atoms with Gasteiger partial charge in [0.2, 0.25) is 0 Å². The predicted octanol–water partition coefficient (Wildman–Crippen LogP) is 3.30. The highest BCUT2D eigenvalue weighted by Crippen LogP contribution is 2.39. The summed E-state index contributed by atoms with van der Waals surface area (Å²) in [6.07, 6.45) is 6.48. The fourth-order valence-corrected chi connectivity index (χ4v) is 6.02. The van der Waals surface area contributed by atoms with Crippen LogP contribution >= 0.6 is 11.3 Å². The summed E-state index contributed by atoms with van der Waals surface area (Å²) in [6.45, 7) is 3.95. The molecule has 2 aliphatic heterocycles. The monoisotopic (exact) mass is 436 g/mol. The maximum atomic E-state index is 13.1. The molecule has 8 heteroatoms. The summed E-state index contributed by atoms with van der Waals surface area (Å²) in [5, 5.41) is 1.24. The molecule has 0 spiro atoms. The van der Waals surface area contributed by atoms with Crippen LogP contribution in [-0.2, 0) is 12.8 Å². The molecule has 7 nitrogen and oxygen atoms in total. The smallest absolute Gasteiger partial charge is 0.254 e. The molecule has 0 saturated carbocycles. The Bertz CT molecular complexity index is 1150. The number of benzene rings is 1. The van der Waals surface area contributed by atoms with E-state index in [0.717, 1.165) is 36.6 Å². The Kier molecular flexibility index (Phi) is 4.67. The molecule has 0 bridgehead atoms. The Labute approximate surface area is 184 Å². The molecule has 1 fully saturated rings. The summed E-state index contributed by atoms with van der Waals surface area (Å²) in [4.78, 5) is 29.1. The molecule has 1 aromatic carbocycles. The zero-order chi connectivity index (χ0) is 20.8. The van der Waals surface area contributed by atoms with Crippen molar-refractivity contribution in [3.8, 4) is 11.5 Å². The lowest BCUT2D eigenvalue weighted by Crippen LogP contribution is -2.49. The van der Waals surface area contributed by atoms with E-state index >= 15 is 0 Å². The van der Waals surface area contributed by atoms with Crippen LogP contribution in [0.4, 0.5) is 5.82 Å². The zero-order valence-corrected chi connectivity index (χ0v) is 18.1. The van der Waals surface area contributed by atoms with E-state index < -0.39 is 0 Å². The molecular weight excluding hydrogens is 412 g/mol. The first-order valence-corrected chi connectivity index (χ1v) is 11.8. The molecule has 0 unspecified atom stereocenters. The maximum absolute atomic E-state index is 13.1. The van der Waals surface area contributed by atoms with Crippen LogP contribution in [0.25, 0.3) is 10.2 Å². The molecule has 4 heterocycles. The second-order valence-corrected chi connectivity index (χ2v) is 9.31. The Morgan fingerprint density at radius 2 is 1.77 bits per heavy atom. The summed E-state index contributed by atoms with van der Waals surface area (Å²) in [5.74, 6) is 2.44. The standard InChI is InChI=1S/C23H24N4O3S/c28-23(15-5-6-17-18(13-15)30-12-11-29-17)27-9-7-26(8-10-27)21-20-16-3-1-2-4-19(16)31-22(20)25-14-24-21/h5-6,13-14H,1-4,7-12H2. The average molecular weight is 437 g/mol. The van der Waals surface area contributed by atoms with Gasteiger partial charge in [0, 0.05) is 36.6 Å². The van der Waals surface area contributed by atoms with E-state index in [1.54, 1.807) is 12.4 Å². The molecule has 1 aliphatic carbocycles. The van der Waals surface area contributed by atoms with Crippen LogP contribution in [0.5, 0.6) is 11.5 Å². The number of fused-ring (bicyclic) bond motifs is 4. The first-order chi connectivity index (χ1) is 15.3. The molecule has 1 amide bonds. The summed E-state index contributed by atoms with van der Waals surface area (Å²) < 4.78 is 11.2. The van der Waals surface area contributed by atoms with Gasteiger partial charge in [0.1, 0.15) is 30.2 Å². The van der Waals surface area contributed by atoms with E-state index in [1.807, 2.05) is 28.4 Å². The van der Waals surface area contributed by atoms with Gasteiger partial charge in [-0.15, -0.1) is 11.3 Å². The van der Waals surface area contributed by atoms with Gasteiger partial charge in [-0.3, -0.25) is 4.79 Å². The summed E-state index contributed by atoms with van der Waals surface area (Å²) >= 11 is 1.83. The molecule has 3 aliphatic rings. The van der Waals surface area contributed by atoms with Gasteiger partial charge in [0.05, 0.1) is 5.39 Å². The number of aryl methyl sites for hydroxylation is 2. The SMILES string of the molecule is O=C(c1ccc2c(c1)OCCO2)N1CCN(c2ncnc3sc4c(c23)CCCC4)CC1. The van der Waals surface area contributed by atoms with Crippen LogP contribution in [0.15, 0.2) is 24.5 Å². The van der Waals surface area contributed by atoms with E-state index in [1.165, 1.54) is 28.7 Å². The van der Waals surface area contributed by atoms with Crippen LogP contribution in [0, 0.1) is 0 Å². The Hall–Kier alpha value is -2.87. The van der Waals surface area contributed by atoms with Gasteiger partial charge >= 0.3 is 0 Å². The predicted molar refractivity (Wildman–Crippen MR) is 120 cm³/mol. The first-order valence-electron chi connectivity index (χ1n) is 11.0. The van der Waals surface area contributed by atoms with Crippen molar-refractivity contribution in [2.24, 2.45) is 0 Å². The van der Waals surface area contributed by atoms with Crippen molar-refractivity contribution in [2.45, 2.75) is 25.7 Å². The number of carbonyl (C=O) groups excluding carboxylic acids is 1. The number of anilines is 1. The van der Waals surface area contributed by atoms with Gasteiger partial charge in [-0.05, 0) is 49.4 Å². The number of amides is 1. The molecule has 6 rings (SSSR count). The number of piperazine rings is 1. The van der Waals surface area contributed by atoms with Gasteiger partial charge in [-0.1, -0.05) is 0 Å². The quantitative estimate of drug-likeness (QED) is 0.614. The van der Waals surface area contributed by atoms with Crippen LogP contribution in [-0.4, -0.2) is 60.2 Å². The first kappa shape index (κ1) is 18.9. The third-order valence-electron chi connectivity index (χ3n) is 6.39. The minimum atomic E-state index is 0.0392. The third-order valence-corrected chi connectivity index (χ3v) is 7.59. The lowest BCUT2D eigenvalue weighted by molar-refractivity contribution is 0.0745. The molecule has 31 heavy (non-hydrogen) atoms. The van der Waals surface area contributed by atoms with Gasteiger partial charge in [-0.25, -0.2) is 9.97 Å². The van der Waals surface area contributed by atoms with Gasteiger partial charge in [0.25, 0.3) is 5.91 Å². The molecule has 0 N–H and O–H groups in total. The van der Waals surface area contributed by atoms with E-state index in [-0.39, 0.29) is 5.91 Å². The van der Waals surface area contributed by atoms with Crippen molar-refractivity contribution in [1.29, 1.82) is 0 Å². The van der Waals surface area contributed by atoms with Gasteiger partial charge in [-0.2, -0.15) is 0 Å². The molecule has 0 atom stereocenters. The minimum Gasteiger partial charge on any atom is -0.486 e. The third kappa shape index (κ3) is 3.29. The van der Waals surface area contributed by atoms with E-state index in [9.17, 15) is 4.79 Å². The Balaban J connectivity index is 1.21. The van der Waals surface area contributed by atoms with Crippen molar-refractivity contribution < 1.29 is 14.3 Å². The highest BCUT2D eigenvalue weighted by Gasteiger charge is 2.27. The maximum Gasteiger partial charge on any atom is 0.254 e. The van der Waals surface area contributed by atoms with E-state index in [0.29, 0.717) is 43.4 Å². The summed E-state index contributed by atoms with van der Waals surface area (Å²) in [6, 6.07) is 5.46. The molecule has 3 aromatic rings. The summed E-state index contributed by atoms with van der Waals surface area (Å²) in [7, 11) is 0. The number of carbonyl (C=O) groups is 1. The fourth-order valence-electron chi connectivity index (χ4n) is 4.79. The lowest BCUT2D eigenvalue weighted by Gasteiger charge is -2.36. The fraction of sp³-hybridized carbons (Fsp3) is 0.435. The van der Waals surface area contributed by atoms with Crippen LogP contribution < -0.4 is 14.4 Å². The summed E-state index contributed by atoms with van der Waals surface area (Å²) in [5.41, 5.74) is 2.10. The van der Waals surface area contributed by atoms with Crippen LogP contribution in [0.2, 0.25) is 0 Å². The molecule has 0 radical (unpaired) electrons. The average Bonchev–Trinajstić information content (AvgIpc) is 3.22. The number of rotatable bonds is 2. The number of hydrogen-bond acceptors (Lipinski definition) is 7. The number of thiophene rings is 1. The van der Waals surface area contributed by atoms with Gasteiger partial charge in [0.15, 0.2) is 11.5 Å². The minimum absolute atomic E-state index is 0.0392. The topological polar surface area (TPSA) is 67.8 Å². The van der Waals surface area contributed by atoms with E-state index in [2.05, 4.69) is 14.9 Å².